The van der Waals surface area contributed by atoms with E-state index in [-0.39, 0.29) is 5.54 Å². The average Bonchev–Trinajstić information content (AvgIpc) is 2.94. The van der Waals surface area contributed by atoms with Gasteiger partial charge in [0.15, 0.2) is 11.5 Å². The molecular weight excluding hydrogens is 468 g/mol. The summed E-state index contributed by atoms with van der Waals surface area (Å²) in [6, 6.07) is 14.4. The van der Waals surface area contributed by atoms with Crippen molar-refractivity contribution in [3.63, 3.8) is 0 Å². The Hall–Kier alpha value is -3.14. The third kappa shape index (κ3) is 5.44. The normalized spacial score (nSPS) is 18.6. The quantitative estimate of drug-likeness (QED) is 0.495. The Morgan fingerprint density at radius 2 is 1.65 bits per heavy atom. The molecular formula is C28H38N6O3. The van der Waals surface area contributed by atoms with Crippen LogP contribution in [0.25, 0.3) is 10.9 Å². The zero-order chi connectivity index (χ0) is 25.8. The third-order valence-electron chi connectivity index (χ3n) is 7.81. The Morgan fingerprint density at radius 1 is 0.973 bits per heavy atom. The summed E-state index contributed by atoms with van der Waals surface area (Å²) in [5.41, 5.74) is 8.53. The maximum absolute atomic E-state index is 6.40. The Bertz CT molecular complexity index is 1190. The van der Waals surface area contributed by atoms with E-state index in [1.165, 1.54) is 5.56 Å². The van der Waals surface area contributed by atoms with Gasteiger partial charge in [0.2, 0.25) is 5.95 Å². The lowest BCUT2D eigenvalue weighted by Gasteiger charge is -2.51. The standard InChI is InChI=1S/C28H38N6O3/c1-32(27-30-23-18-25(36-3)24(35-2)17-22(23)26(29)31-27)20-28(34-13-15-37-16-14-34)9-11-33(12-10-28)19-21-7-5-4-6-8-21/h4-8,17-18H,9-16,19-20H2,1-3H3,(H2,29,30,31). The molecule has 2 fully saturated rings. The number of hydrogen-bond donors (Lipinski definition) is 1. The summed E-state index contributed by atoms with van der Waals surface area (Å²) < 4.78 is 16.6. The van der Waals surface area contributed by atoms with Gasteiger partial charge in [0, 0.05) is 63.3 Å². The van der Waals surface area contributed by atoms with Gasteiger partial charge in [-0.1, -0.05) is 30.3 Å². The van der Waals surface area contributed by atoms with E-state index in [9.17, 15) is 0 Å². The minimum absolute atomic E-state index is 0.0242. The predicted molar refractivity (Wildman–Crippen MR) is 146 cm³/mol. The van der Waals surface area contributed by atoms with Crippen LogP contribution >= 0.6 is 0 Å². The highest BCUT2D eigenvalue weighted by Crippen LogP contribution is 2.35. The fourth-order valence-corrected chi connectivity index (χ4v) is 5.73. The highest BCUT2D eigenvalue weighted by atomic mass is 16.5. The van der Waals surface area contributed by atoms with Crippen LogP contribution in [-0.2, 0) is 11.3 Å². The van der Waals surface area contributed by atoms with E-state index in [4.69, 9.17) is 24.9 Å². The second-order valence-corrected chi connectivity index (χ2v) is 10.1. The highest BCUT2D eigenvalue weighted by Gasteiger charge is 2.41. The summed E-state index contributed by atoms with van der Waals surface area (Å²) in [4.78, 5) is 16.9. The van der Waals surface area contributed by atoms with Crippen molar-refractivity contribution in [2.75, 3.05) is 77.8 Å². The molecule has 2 aliphatic heterocycles. The fourth-order valence-electron chi connectivity index (χ4n) is 5.73. The molecule has 0 atom stereocenters. The van der Waals surface area contributed by atoms with Crippen LogP contribution < -0.4 is 20.1 Å². The van der Waals surface area contributed by atoms with Gasteiger partial charge >= 0.3 is 0 Å². The SMILES string of the molecule is COc1cc2nc(N(C)CC3(N4CCOCC4)CCN(Cc4ccccc4)CC3)nc(N)c2cc1OC. The molecule has 3 heterocycles. The minimum atomic E-state index is 0.0242. The number of nitrogen functional groups attached to an aromatic ring is 1. The smallest absolute Gasteiger partial charge is 0.227 e. The molecule has 2 saturated heterocycles. The van der Waals surface area contributed by atoms with Gasteiger partial charge in [0.05, 0.1) is 33.0 Å². The molecule has 0 spiro atoms. The van der Waals surface area contributed by atoms with Crippen molar-refractivity contribution in [1.82, 2.24) is 19.8 Å². The Morgan fingerprint density at radius 3 is 2.32 bits per heavy atom. The molecule has 2 aromatic carbocycles. The lowest BCUT2D eigenvalue weighted by molar-refractivity contribution is -0.0450. The zero-order valence-electron chi connectivity index (χ0n) is 22.2. The number of hydrogen-bond acceptors (Lipinski definition) is 9. The van der Waals surface area contributed by atoms with Gasteiger partial charge in [0.1, 0.15) is 5.82 Å². The molecule has 2 aliphatic rings. The van der Waals surface area contributed by atoms with E-state index >= 15 is 0 Å². The number of nitrogens with two attached hydrogens (primary N) is 1. The van der Waals surface area contributed by atoms with Gasteiger partial charge in [-0.25, -0.2) is 4.98 Å². The van der Waals surface area contributed by atoms with E-state index in [2.05, 4.69) is 57.1 Å². The summed E-state index contributed by atoms with van der Waals surface area (Å²) in [6.07, 6.45) is 2.16. The molecule has 0 unspecified atom stereocenters. The molecule has 1 aromatic heterocycles. The van der Waals surface area contributed by atoms with Gasteiger partial charge in [0.25, 0.3) is 0 Å². The van der Waals surface area contributed by atoms with Crippen LogP contribution in [0.4, 0.5) is 11.8 Å². The summed E-state index contributed by atoms with van der Waals surface area (Å²) in [6.45, 7) is 7.38. The molecule has 2 N–H and O–H groups in total. The molecule has 5 rings (SSSR count). The Labute approximate surface area is 219 Å². The summed E-state index contributed by atoms with van der Waals surface area (Å²) in [5.74, 6) is 2.29. The van der Waals surface area contributed by atoms with Crippen molar-refractivity contribution in [3.8, 4) is 11.5 Å². The van der Waals surface area contributed by atoms with Crippen LogP contribution in [0.2, 0.25) is 0 Å². The molecule has 198 valence electrons. The summed E-state index contributed by atoms with van der Waals surface area (Å²) in [5, 5.41) is 0.756. The van der Waals surface area contributed by atoms with Crippen LogP contribution in [-0.4, -0.2) is 92.5 Å². The maximum Gasteiger partial charge on any atom is 0.227 e. The number of rotatable bonds is 8. The molecule has 0 aliphatic carbocycles. The summed E-state index contributed by atoms with van der Waals surface area (Å²) in [7, 11) is 5.30. The molecule has 0 radical (unpaired) electrons. The molecule has 9 nitrogen and oxygen atoms in total. The van der Waals surface area contributed by atoms with Gasteiger partial charge in [-0.15, -0.1) is 0 Å². The second kappa shape index (κ2) is 11.1. The number of fused-ring (bicyclic) bond motifs is 1. The van der Waals surface area contributed by atoms with Crippen LogP contribution in [0, 0.1) is 0 Å². The number of piperidine rings is 1. The van der Waals surface area contributed by atoms with Crippen LogP contribution in [0.3, 0.4) is 0 Å². The van der Waals surface area contributed by atoms with Gasteiger partial charge in [-0.3, -0.25) is 9.80 Å². The Kier molecular flexibility index (Phi) is 7.64. The number of methoxy groups -OCH3 is 2. The fraction of sp³-hybridized carbons (Fsp3) is 0.500. The summed E-state index contributed by atoms with van der Waals surface area (Å²) >= 11 is 0. The lowest BCUT2D eigenvalue weighted by Crippen LogP contribution is -2.62. The van der Waals surface area contributed by atoms with E-state index in [1.54, 1.807) is 14.2 Å². The van der Waals surface area contributed by atoms with Crippen molar-refractivity contribution in [2.45, 2.75) is 24.9 Å². The molecule has 0 bridgehead atoms. The number of benzene rings is 2. The van der Waals surface area contributed by atoms with Crippen molar-refractivity contribution >= 4 is 22.7 Å². The van der Waals surface area contributed by atoms with Crippen molar-refractivity contribution in [3.05, 3.63) is 48.0 Å². The van der Waals surface area contributed by atoms with E-state index in [0.717, 1.165) is 76.2 Å². The first kappa shape index (κ1) is 25.5. The number of likely N-dealkylation sites (N-methyl/N-ethyl adjacent to an activating group) is 1. The second-order valence-electron chi connectivity index (χ2n) is 10.1. The van der Waals surface area contributed by atoms with E-state index < -0.39 is 0 Å². The van der Waals surface area contributed by atoms with Crippen molar-refractivity contribution in [2.24, 2.45) is 0 Å². The monoisotopic (exact) mass is 506 g/mol. The maximum atomic E-state index is 6.40. The first-order valence-electron chi connectivity index (χ1n) is 13.0. The van der Waals surface area contributed by atoms with Gasteiger partial charge < -0.3 is 24.8 Å². The first-order chi connectivity index (χ1) is 18.0. The van der Waals surface area contributed by atoms with Gasteiger partial charge in [-0.05, 0) is 24.5 Å². The topological polar surface area (TPSA) is 89.2 Å². The third-order valence-corrected chi connectivity index (χ3v) is 7.81. The molecule has 0 amide bonds. The van der Waals surface area contributed by atoms with Crippen molar-refractivity contribution < 1.29 is 14.2 Å². The number of aromatic nitrogens is 2. The number of likely N-dealkylation sites (tertiary alicyclic amines) is 1. The number of ether oxygens (including phenoxy) is 3. The molecule has 0 saturated carbocycles. The minimum Gasteiger partial charge on any atom is -0.493 e. The number of anilines is 2. The molecule has 9 heteroatoms. The van der Waals surface area contributed by atoms with Crippen LogP contribution in [0.5, 0.6) is 11.5 Å². The Balaban J connectivity index is 1.38. The predicted octanol–water partition coefficient (Wildman–Crippen LogP) is 3.03. The van der Waals surface area contributed by atoms with E-state index in [0.29, 0.717) is 23.3 Å². The van der Waals surface area contributed by atoms with Crippen LogP contribution in [0.1, 0.15) is 18.4 Å². The zero-order valence-corrected chi connectivity index (χ0v) is 22.2. The van der Waals surface area contributed by atoms with Crippen molar-refractivity contribution in [1.29, 1.82) is 0 Å². The largest absolute Gasteiger partial charge is 0.493 e. The molecule has 37 heavy (non-hydrogen) atoms. The number of nitrogens with zero attached hydrogens (tertiary/aromatic N) is 5. The van der Waals surface area contributed by atoms with E-state index in [1.807, 2.05) is 12.1 Å². The highest BCUT2D eigenvalue weighted by molar-refractivity contribution is 5.91. The lowest BCUT2D eigenvalue weighted by atomic mass is 9.84. The molecule has 3 aromatic rings. The number of morpholine rings is 1. The van der Waals surface area contributed by atoms with Crippen LogP contribution in [0.15, 0.2) is 42.5 Å². The average molecular weight is 507 g/mol. The first-order valence-corrected chi connectivity index (χ1v) is 13.0. The van der Waals surface area contributed by atoms with Gasteiger partial charge in [-0.2, -0.15) is 4.98 Å².